The first kappa shape index (κ1) is 12.2. The van der Waals surface area contributed by atoms with E-state index >= 15 is 0 Å². The Morgan fingerprint density at radius 3 is 2.35 bits per heavy atom. The molecule has 1 heterocycles. The first-order valence-corrected chi connectivity index (χ1v) is 6.92. The van der Waals surface area contributed by atoms with Crippen molar-refractivity contribution in [2.45, 2.75) is 6.92 Å². The Hall–Kier alpha value is -1.27. The standard InChI is InChI=1S/C11H16N2O3S/c1-3-16-11-6-4-10(5-7-11)13-9-8-12(2)17(13,14)15/h4-7H,3,8-9H2,1-2H3. The van der Waals surface area contributed by atoms with Gasteiger partial charge in [0.05, 0.1) is 12.3 Å². The average Bonchev–Trinajstić information content (AvgIpc) is 2.56. The summed E-state index contributed by atoms with van der Waals surface area (Å²) in [7, 11) is -1.73. The summed E-state index contributed by atoms with van der Waals surface area (Å²) in [6, 6.07) is 7.10. The van der Waals surface area contributed by atoms with Crippen molar-refractivity contribution in [1.82, 2.24) is 4.31 Å². The Labute approximate surface area is 102 Å². The Balaban J connectivity index is 2.24. The monoisotopic (exact) mass is 256 g/mol. The number of hydrogen-bond donors (Lipinski definition) is 0. The van der Waals surface area contributed by atoms with Gasteiger partial charge in [0, 0.05) is 20.1 Å². The number of likely N-dealkylation sites (N-methyl/N-ethyl adjacent to an activating group) is 1. The van der Waals surface area contributed by atoms with Gasteiger partial charge in [-0.15, -0.1) is 0 Å². The zero-order valence-corrected chi connectivity index (χ0v) is 10.8. The van der Waals surface area contributed by atoms with Crippen LogP contribution in [-0.2, 0) is 10.2 Å². The van der Waals surface area contributed by atoms with Crippen molar-refractivity contribution in [1.29, 1.82) is 0 Å². The zero-order chi connectivity index (χ0) is 12.5. The second-order valence-electron chi connectivity index (χ2n) is 3.83. The van der Waals surface area contributed by atoms with Crippen LogP contribution >= 0.6 is 0 Å². The van der Waals surface area contributed by atoms with E-state index in [2.05, 4.69) is 0 Å². The molecule has 0 amide bonds. The third kappa shape index (κ3) is 2.23. The summed E-state index contributed by atoms with van der Waals surface area (Å²) in [6.45, 7) is 3.53. The fourth-order valence-electron chi connectivity index (χ4n) is 1.77. The second-order valence-corrected chi connectivity index (χ2v) is 5.79. The first-order valence-electron chi connectivity index (χ1n) is 5.52. The highest BCUT2D eigenvalue weighted by Gasteiger charge is 2.33. The number of anilines is 1. The van der Waals surface area contributed by atoms with Gasteiger partial charge in [-0.1, -0.05) is 0 Å². The summed E-state index contributed by atoms with van der Waals surface area (Å²) in [6.07, 6.45) is 0. The lowest BCUT2D eigenvalue weighted by atomic mass is 10.3. The number of benzene rings is 1. The quantitative estimate of drug-likeness (QED) is 0.813. The Bertz CT molecular complexity index is 484. The first-order chi connectivity index (χ1) is 8.05. The van der Waals surface area contributed by atoms with Gasteiger partial charge in [0.2, 0.25) is 0 Å². The fraction of sp³-hybridized carbons (Fsp3) is 0.455. The molecule has 1 aromatic carbocycles. The van der Waals surface area contributed by atoms with Gasteiger partial charge in [0.25, 0.3) is 0 Å². The van der Waals surface area contributed by atoms with E-state index in [9.17, 15) is 8.42 Å². The maximum absolute atomic E-state index is 11.9. The summed E-state index contributed by atoms with van der Waals surface area (Å²) in [5.74, 6) is 0.751. The van der Waals surface area contributed by atoms with Gasteiger partial charge in [-0.2, -0.15) is 12.7 Å². The molecule has 0 unspecified atom stereocenters. The number of nitrogens with zero attached hydrogens (tertiary/aromatic N) is 2. The SMILES string of the molecule is CCOc1ccc(N2CCN(C)S2(=O)=O)cc1. The van der Waals surface area contributed by atoms with Gasteiger partial charge >= 0.3 is 10.2 Å². The van der Waals surface area contributed by atoms with Gasteiger partial charge < -0.3 is 4.74 Å². The van der Waals surface area contributed by atoms with Crippen molar-refractivity contribution < 1.29 is 13.2 Å². The number of hydrogen-bond acceptors (Lipinski definition) is 3. The molecule has 0 N–H and O–H groups in total. The van der Waals surface area contributed by atoms with E-state index in [-0.39, 0.29) is 0 Å². The topological polar surface area (TPSA) is 49.9 Å². The highest BCUT2D eigenvalue weighted by Crippen LogP contribution is 2.25. The Kier molecular flexibility index (Phi) is 3.26. The van der Waals surface area contributed by atoms with E-state index in [0.29, 0.717) is 25.4 Å². The average molecular weight is 256 g/mol. The molecule has 0 atom stereocenters. The summed E-state index contributed by atoms with van der Waals surface area (Å²) < 4.78 is 31.9. The fourth-order valence-corrected chi connectivity index (χ4v) is 3.12. The van der Waals surface area contributed by atoms with Crippen LogP contribution in [0.4, 0.5) is 5.69 Å². The molecule has 0 radical (unpaired) electrons. The van der Waals surface area contributed by atoms with Gasteiger partial charge in [-0.3, -0.25) is 4.31 Å². The minimum Gasteiger partial charge on any atom is -0.494 e. The number of rotatable bonds is 3. The molecule has 5 nitrogen and oxygen atoms in total. The van der Waals surface area contributed by atoms with Crippen LogP contribution in [0, 0.1) is 0 Å². The minimum absolute atomic E-state index is 0.493. The molecule has 0 aromatic heterocycles. The molecule has 1 fully saturated rings. The third-order valence-corrected chi connectivity index (χ3v) is 4.65. The maximum Gasteiger partial charge on any atom is 0.303 e. The van der Waals surface area contributed by atoms with Crippen molar-refractivity contribution >= 4 is 15.9 Å². The summed E-state index contributed by atoms with van der Waals surface area (Å²) in [5.41, 5.74) is 0.679. The molecule has 17 heavy (non-hydrogen) atoms. The molecular formula is C11H16N2O3S. The predicted octanol–water partition coefficient (Wildman–Crippen LogP) is 1.08. The van der Waals surface area contributed by atoms with Gasteiger partial charge in [0.15, 0.2) is 0 Å². The van der Waals surface area contributed by atoms with Crippen LogP contribution in [0.15, 0.2) is 24.3 Å². The van der Waals surface area contributed by atoms with E-state index in [1.807, 2.05) is 6.92 Å². The van der Waals surface area contributed by atoms with Gasteiger partial charge in [-0.05, 0) is 31.2 Å². The van der Waals surface area contributed by atoms with Crippen molar-refractivity contribution in [3.8, 4) is 5.75 Å². The van der Waals surface area contributed by atoms with Crippen LogP contribution in [0.25, 0.3) is 0 Å². The normalized spacial score (nSPS) is 19.5. The van der Waals surface area contributed by atoms with Crippen molar-refractivity contribution in [3.63, 3.8) is 0 Å². The lowest BCUT2D eigenvalue weighted by Crippen LogP contribution is -2.30. The molecule has 0 saturated carbocycles. The van der Waals surface area contributed by atoms with E-state index < -0.39 is 10.2 Å². The number of ether oxygens (including phenoxy) is 1. The van der Waals surface area contributed by atoms with Crippen LogP contribution in [0.2, 0.25) is 0 Å². The van der Waals surface area contributed by atoms with E-state index in [4.69, 9.17) is 4.74 Å². The van der Waals surface area contributed by atoms with Crippen LogP contribution in [0.5, 0.6) is 5.75 Å². The Morgan fingerprint density at radius 1 is 1.24 bits per heavy atom. The highest BCUT2D eigenvalue weighted by atomic mass is 32.2. The van der Waals surface area contributed by atoms with Crippen LogP contribution in [0.1, 0.15) is 6.92 Å². The smallest absolute Gasteiger partial charge is 0.303 e. The molecule has 0 bridgehead atoms. The molecular weight excluding hydrogens is 240 g/mol. The predicted molar refractivity (Wildman–Crippen MR) is 66.5 cm³/mol. The molecule has 0 aliphatic carbocycles. The largest absolute Gasteiger partial charge is 0.494 e. The summed E-state index contributed by atoms with van der Waals surface area (Å²) >= 11 is 0. The van der Waals surface area contributed by atoms with E-state index in [0.717, 1.165) is 5.75 Å². The van der Waals surface area contributed by atoms with E-state index in [1.165, 1.54) is 8.61 Å². The van der Waals surface area contributed by atoms with Gasteiger partial charge in [-0.25, -0.2) is 0 Å². The van der Waals surface area contributed by atoms with Crippen LogP contribution < -0.4 is 9.04 Å². The van der Waals surface area contributed by atoms with Crippen molar-refractivity contribution in [2.75, 3.05) is 31.0 Å². The third-order valence-electron chi connectivity index (χ3n) is 2.73. The molecule has 94 valence electrons. The molecule has 1 aromatic rings. The maximum atomic E-state index is 11.9. The van der Waals surface area contributed by atoms with E-state index in [1.54, 1.807) is 31.3 Å². The molecule has 1 aliphatic rings. The Morgan fingerprint density at radius 2 is 1.88 bits per heavy atom. The molecule has 6 heteroatoms. The van der Waals surface area contributed by atoms with Crippen molar-refractivity contribution in [3.05, 3.63) is 24.3 Å². The lowest BCUT2D eigenvalue weighted by molar-refractivity contribution is 0.340. The van der Waals surface area contributed by atoms with Crippen LogP contribution in [0.3, 0.4) is 0 Å². The summed E-state index contributed by atoms with van der Waals surface area (Å²) in [5, 5.41) is 0. The van der Waals surface area contributed by atoms with Crippen LogP contribution in [-0.4, -0.2) is 39.5 Å². The van der Waals surface area contributed by atoms with Gasteiger partial charge in [0.1, 0.15) is 5.75 Å². The second kappa shape index (κ2) is 4.54. The minimum atomic E-state index is -3.32. The molecule has 1 aliphatic heterocycles. The summed E-state index contributed by atoms with van der Waals surface area (Å²) in [4.78, 5) is 0. The molecule has 1 saturated heterocycles. The molecule has 0 spiro atoms. The molecule has 2 rings (SSSR count). The van der Waals surface area contributed by atoms with Crippen molar-refractivity contribution in [2.24, 2.45) is 0 Å². The zero-order valence-electron chi connectivity index (χ0n) is 9.96. The lowest BCUT2D eigenvalue weighted by Gasteiger charge is -2.18. The highest BCUT2D eigenvalue weighted by molar-refractivity contribution is 7.90.